The number of benzene rings is 3. The van der Waals surface area contributed by atoms with Gasteiger partial charge in [-0.05, 0) is 76.3 Å². The first kappa shape index (κ1) is 16.9. The van der Waals surface area contributed by atoms with Crippen molar-refractivity contribution < 1.29 is 8.78 Å². The van der Waals surface area contributed by atoms with Crippen molar-refractivity contribution in [2.75, 3.05) is 0 Å². The molecule has 118 valence electrons. The molecule has 3 rings (SSSR count). The van der Waals surface area contributed by atoms with Gasteiger partial charge in [0.1, 0.15) is 11.6 Å². The van der Waals surface area contributed by atoms with Gasteiger partial charge >= 0.3 is 0 Å². The zero-order valence-electron chi connectivity index (χ0n) is 12.3. The molecule has 0 heterocycles. The highest BCUT2D eigenvalue weighted by Gasteiger charge is 2.10. The summed E-state index contributed by atoms with van der Waals surface area (Å²) in [6.07, 6.45) is 0. The van der Waals surface area contributed by atoms with E-state index in [1.165, 1.54) is 12.1 Å². The molecule has 0 saturated heterocycles. The Morgan fingerprint density at radius 2 is 1.38 bits per heavy atom. The van der Waals surface area contributed by atoms with Gasteiger partial charge in [-0.15, -0.1) is 0 Å². The lowest BCUT2D eigenvalue weighted by Crippen LogP contribution is -1.89. The summed E-state index contributed by atoms with van der Waals surface area (Å²) in [4.78, 5) is 3.86. The molecule has 0 radical (unpaired) electrons. The normalized spacial score (nSPS) is 10.3. The van der Waals surface area contributed by atoms with E-state index in [1.807, 2.05) is 22.6 Å². The van der Waals surface area contributed by atoms with Crippen molar-refractivity contribution in [3.63, 3.8) is 0 Å². The smallest absolute Gasteiger partial charge is 0.132 e. The van der Waals surface area contributed by atoms with Crippen LogP contribution in [0.4, 0.5) is 14.5 Å². The first-order chi connectivity index (χ1) is 11.6. The van der Waals surface area contributed by atoms with Crippen LogP contribution in [0.15, 0.2) is 65.7 Å². The summed E-state index contributed by atoms with van der Waals surface area (Å²) < 4.78 is 29.4. The van der Waals surface area contributed by atoms with Crippen molar-refractivity contribution in [3.05, 3.63) is 75.9 Å². The monoisotopic (exact) mass is 449 g/mol. The van der Waals surface area contributed by atoms with Gasteiger partial charge in [-0.2, -0.15) is 4.99 Å². The Hall–Kier alpha value is -1.95. The molecule has 1 nitrogen and oxygen atoms in total. The van der Waals surface area contributed by atoms with Crippen LogP contribution in [0.25, 0.3) is 22.3 Å². The second-order valence-electron chi connectivity index (χ2n) is 5.07. The second kappa shape index (κ2) is 7.30. The van der Waals surface area contributed by atoms with Gasteiger partial charge in [0.2, 0.25) is 0 Å². The maximum Gasteiger partial charge on any atom is 0.132 e. The lowest BCUT2D eigenvalue weighted by atomic mass is 9.99. The highest BCUT2D eigenvalue weighted by atomic mass is 127. The number of isothiocyanates is 1. The Morgan fingerprint density at radius 3 is 2.00 bits per heavy atom. The summed E-state index contributed by atoms with van der Waals surface area (Å²) in [6, 6.07) is 16.6. The van der Waals surface area contributed by atoms with E-state index in [4.69, 9.17) is 0 Å². The van der Waals surface area contributed by atoms with Crippen LogP contribution in [-0.2, 0) is 0 Å². The highest BCUT2D eigenvalue weighted by molar-refractivity contribution is 14.1. The quantitative estimate of drug-likeness (QED) is 0.248. The fourth-order valence-corrected chi connectivity index (χ4v) is 2.97. The highest BCUT2D eigenvalue weighted by Crippen LogP contribution is 2.30. The lowest BCUT2D eigenvalue weighted by Gasteiger charge is -2.08. The summed E-state index contributed by atoms with van der Waals surface area (Å²) in [5.41, 5.74) is 2.71. The Morgan fingerprint density at radius 1 is 0.792 bits per heavy atom. The van der Waals surface area contributed by atoms with E-state index >= 15 is 0 Å². The first-order valence-corrected chi connectivity index (χ1v) is 8.50. The number of nitrogens with zero attached hydrogens (tertiary/aromatic N) is 1. The summed E-state index contributed by atoms with van der Waals surface area (Å²) in [7, 11) is 0. The molecule has 3 aromatic carbocycles. The molecule has 0 aliphatic rings. The van der Waals surface area contributed by atoms with Crippen LogP contribution in [0.1, 0.15) is 0 Å². The van der Waals surface area contributed by atoms with Gasteiger partial charge in [-0.3, -0.25) is 0 Å². The van der Waals surface area contributed by atoms with Gasteiger partial charge in [0.05, 0.1) is 10.8 Å². The molecule has 24 heavy (non-hydrogen) atoms. The molecule has 3 aromatic rings. The van der Waals surface area contributed by atoms with E-state index in [-0.39, 0.29) is 5.82 Å². The van der Waals surface area contributed by atoms with Gasteiger partial charge in [-0.25, -0.2) is 8.78 Å². The average molecular weight is 449 g/mol. The van der Waals surface area contributed by atoms with E-state index in [1.54, 1.807) is 48.5 Å². The average Bonchev–Trinajstić information content (AvgIpc) is 2.56. The Balaban J connectivity index is 1.99. The molecule has 0 saturated carbocycles. The number of aliphatic imine (C=N–C) groups is 1. The molecular formula is C19H10F2INS. The summed E-state index contributed by atoms with van der Waals surface area (Å²) in [6.45, 7) is 0. The maximum atomic E-state index is 14.5. The van der Waals surface area contributed by atoms with Gasteiger partial charge in [0.15, 0.2) is 0 Å². The van der Waals surface area contributed by atoms with Crippen molar-refractivity contribution in [1.82, 2.24) is 0 Å². The van der Waals surface area contributed by atoms with Crippen molar-refractivity contribution in [2.24, 2.45) is 4.99 Å². The van der Waals surface area contributed by atoms with Crippen LogP contribution in [0, 0.1) is 15.2 Å². The van der Waals surface area contributed by atoms with Gasteiger partial charge in [0.25, 0.3) is 0 Å². The van der Waals surface area contributed by atoms with Crippen LogP contribution < -0.4 is 0 Å². The molecule has 0 aromatic heterocycles. The topological polar surface area (TPSA) is 12.4 Å². The van der Waals surface area contributed by atoms with Crippen LogP contribution in [0.3, 0.4) is 0 Å². The van der Waals surface area contributed by atoms with Crippen LogP contribution >= 0.6 is 34.8 Å². The Kier molecular flexibility index (Phi) is 5.14. The van der Waals surface area contributed by atoms with E-state index in [2.05, 4.69) is 22.4 Å². The van der Waals surface area contributed by atoms with E-state index in [9.17, 15) is 8.78 Å². The number of thiocarbonyl (C=S) groups is 1. The first-order valence-electron chi connectivity index (χ1n) is 7.02. The third kappa shape index (κ3) is 3.59. The predicted molar refractivity (Wildman–Crippen MR) is 105 cm³/mol. The minimum absolute atomic E-state index is 0.364. The maximum absolute atomic E-state index is 14.5. The van der Waals surface area contributed by atoms with Crippen LogP contribution in [0.2, 0.25) is 0 Å². The third-order valence-corrected chi connectivity index (χ3v) is 4.33. The fourth-order valence-electron chi connectivity index (χ4n) is 2.41. The molecule has 0 amide bonds. The SMILES string of the molecule is Fc1cc(I)ccc1-c1ccc(-c2ccc(N=C=S)cc2)c(F)c1. The molecule has 0 N–H and O–H groups in total. The van der Waals surface area contributed by atoms with E-state index in [0.29, 0.717) is 27.9 Å². The molecule has 0 atom stereocenters. The molecule has 0 unspecified atom stereocenters. The number of rotatable bonds is 3. The Labute approximate surface area is 157 Å². The van der Waals surface area contributed by atoms with Crippen LogP contribution in [0.5, 0.6) is 0 Å². The molecule has 0 aliphatic heterocycles. The minimum atomic E-state index is -0.406. The van der Waals surface area contributed by atoms with Gasteiger partial charge < -0.3 is 0 Å². The van der Waals surface area contributed by atoms with Crippen molar-refractivity contribution >= 4 is 45.7 Å². The summed E-state index contributed by atoms with van der Waals surface area (Å²) in [5.74, 6) is -0.770. The molecule has 0 aliphatic carbocycles. The predicted octanol–water partition coefficient (Wildman–Crippen LogP) is 6.64. The Bertz CT molecular complexity index is 948. The third-order valence-electron chi connectivity index (χ3n) is 3.56. The van der Waals surface area contributed by atoms with E-state index < -0.39 is 5.82 Å². The zero-order chi connectivity index (χ0) is 17.1. The van der Waals surface area contributed by atoms with Gasteiger partial charge in [0, 0.05) is 14.7 Å². The largest absolute Gasteiger partial charge is 0.206 e. The summed E-state index contributed by atoms with van der Waals surface area (Å²) in [5, 5.41) is 2.29. The fraction of sp³-hybridized carbons (Fsp3) is 0. The number of hydrogen-bond donors (Lipinski definition) is 0. The van der Waals surface area contributed by atoms with Crippen molar-refractivity contribution in [2.45, 2.75) is 0 Å². The number of hydrogen-bond acceptors (Lipinski definition) is 2. The minimum Gasteiger partial charge on any atom is -0.206 e. The number of halogens is 3. The van der Waals surface area contributed by atoms with Crippen LogP contribution in [-0.4, -0.2) is 5.16 Å². The van der Waals surface area contributed by atoms with E-state index in [0.717, 1.165) is 3.57 Å². The van der Waals surface area contributed by atoms with Gasteiger partial charge in [-0.1, -0.05) is 30.3 Å². The molecule has 0 fully saturated rings. The molecule has 0 bridgehead atoms. The molecule has 0 spiro atoms. The standard InChI is InChI=1S/C19H10F2INS/c20-18-9-13(17-8-4-14(22)10-19(17)21)3-7-16(18)12-1-5-15(6-2-12)23-11-24/h1-10H. The summed E-state index contributed by atoms with van der Waals surface area (Å²) >= 11 is 6.59. The second-order valence-corrected chi connectivity index (χ2v) is 6.50. The zero-order valence-corrected chi connectivity index (χ0v) is 15.2. The molecule has 5 heteroatoms. The lowest BCUT2D eigenvalue weighted by molar-refractivity contribution is 0.626. The van der Waals surface area contributed by atoms with Crippen molar-refractivity contribution in [1.29, 1.82) is 0 Å². The molecular weight excluding hydrogens is 439 g/mol. The van der Waals surface area contributed by atoms with Crippen molar-refractivity contribution in [3.8, 4) is 22.3 Å².